The minimum absolute atomic E-state index is 0.0249. The quantitative estimate of drug-likeness (QED) is 0.777. The Morgan fingerprint density at radius 2 is 1.71 bits per heavy atom. The van der Waals surface area contributed by atoms with E-state index in [-0.39, 0.29) is 23.9 Å². The molecule has 0 atom stereocenters. The minimum atomic E-state index is -0.461. The van der Waals surface area contributed by atoms with Crippen LogP contribution < -0.4 is 10.2 Å². The Labute approximate surface area is 172 Å². The summed E-state index contributed by atoms with van der Waals surface area (Å²) in [5.74, 6) is 0.432. The van der Waals surface area contributed by atoms with Gasteiger partial charge in [-0.25, -0.2) is 4.79 Å². The molecule has 2 amide bonds. The Balaban J connectivity index is 1.46. The van der Waals surface area contributed by atoms with Crippen LogP contribution in [0.5, 0.6) is 0 Å². The third-order valence-corrected chi connectivity index (χ3v) is 5.53. The van der Waals surface area contributed by atoms with Gasteiger partial charge in [-0.15, -0.1) is 11.6 Å². The summed E-state index contributed by atoms with van der Waals surface area (Å²) in [5, 5.41) is 2.93. The highest BCUT2D eigenvalue weighted by Gasteiger charge is 2.31. The molecule has 0 unspecified atom stereocenters. The third kappa shape index (κ3) is 5.31. The molecule has 1 aliphatic carbocycles. The molecular formula is C21H30ClN3O3. The number of nitrogens with one attached hydrogen (secondary N) is 1. The van der Waals surface area contributed by atoms with Gasteiger partial charge in [0.1, 0.15) is 11.5 Å². The first kappa shape index (κ1) is 20.8. The number of hydrogen-bond acceptors (Lipinski definition) is 4. The number of anilines is 1. The number of carbonyl (C=O) groups is 2. The van der Waals surface area contributed by atoms with Gasteiger partial charge in [-0.1, -0.05) is 12.1 Å². The van der Waals surface area contributed by atoms with Gasteiger partial charge in [-0.3, -0.25) is 4.79 Å². The van der Waals surface area contributed by atoms with Gasteiger partial charge in [0.2, 0.25) is 5.91 Å². The van der Waals surface area contributed by atoms with Crippen molar-refractivity contribution in [3.8, 4) is 0 Å². The zero-order chi connectivity index (χ0) is 20.3. The summed E-state index contributed by atoms with van der Waals surface area (Å²) in [4.78, 5) is 27.6. The summed E-state index contributed by atoms with van der Waals surface area (Å²) in [5.41, 5.74) is 2.03. The largest absolute Gasteiger partial charge is 0.444 e. The van der Waals surface area contributed by atoms with Crippen molar-refractivity contribution in [3.05, 3.63) is 29.8 Å². The molecule has 1 saturated heterocycles. The van der Waals surface area contributed by atoms with Crippen LogP contribution in [0.1, 0.15) is 45.1 Å². The number of ether oxygens (including phenoxy) is 1. The van der Waals surface area contributed by atoms with E-state index in [9.17, 15) is 9.59 Å². The summed E-state index contributed by atoms with van der Waals surface area (Å²) >= 11 is 5.53. The second kappa shape index (κ2) is 8.60. The molecule has 28 heavy (non-hydrogen) atoms. The number of piperazine rings is 1. The molecule has 0 aromatic heterocycles. The Morgan fingerprint density at radius 1 is 1.11 bits per heavy atom. The van der Waals surface area contributed by atoms with Crippen LogP contribution in [-0.4, -0.2) is 60.6 Å². The van der Waals surface area contributed by atoms with Crippen molar-refractivity contribution >= 4 is 29.3 Å². The number of nitrogens with zero attached hydrogens (tertiary/aromatic N) is 2. The number of alkyl halides is 1. The average molecular weight is 408 g/mol. The van der Waals surface area contributed by atoms with Crippen molar-refractivity contribution in [2.75, 3.05) is 37.0 Å². The summed E-state index contributed by atoms with van der Waals surface area (Å²) in [7, 11) is 0. The van der Waals surface area contributed by atoms with Crippen LogP contribution in [0.3, 0.4) is 0 Å². The molecule has 154 valence electrons. The highest BCUT2D eigenvalue weighted by molar-refractivity contribution is 6.27. The number of halogens is 1. The Hall–Kier alpha value is -1.95. The van der Waals surface area contributed by atoms with Crippen molar-refractivity contribution in [1.82, 2.24) is 10.2 Å². The average Bonchev–Trinajstić information content (AvgIpc) is 2.63. The molecule has 0 spiro atoms. The van der Waals surface area contributed by atoms with Crippen molar-refractivity contribution in [2.45, 2.75) is 51.2 Å². The van der Waals surface area contributed by atoms with E-state index in [0.29, 0.717) is 19.0 Å². The van der Waals surface area contributed by atoms with Gasteiger partial charge in [-0.2, -0.15) is 0 Å². The zero-order valence-corrected chi connectivity index (χ0v) is 17.7. The molecule has 1 saturated carbocycles. The van der Waals surface area contributed by atoms with Gasteiger partial charge >= 0.3 is 6.09 Å². The van der Waals surface area contributed by atoms with E-state index < -0.39 is 5.60 Å². The molecule has 6 nitrogen and oxygen atoms in total. The lowest BCUT2D eigenvalue weighted by Crippen LogP contribution is -2.50. The van der Waals surface area contributed by atoms with E-state index in [1.54, 1.807) is 4.90 Å². The maximum Gasteiger partial charge on any atom is 0.410 e. The molecule has 3 rings (SSSR count). The summed E-state index contributed by atoms with van der Waals surface area (Å²) < 4.78 is 5.45. The van der Waals surface area contributed by atoms with Crippen LogP contribution >= 0.6 is 11.6 Å². The SMILES string of the molecule is CC(C)(C)OC(=O)N1CCN(c2ccc(C3CC(NC(=O)CCl)C3)cc2)CC1. The standard InChI is InChI=1S/C21H30ClN3O3/c1-21(2,3)28-20(27)25-10-8-24(9-11-25)18-6-4-15(5-7-18)16-12-17(13-16)23-19(26)14-22/h4-7,16-17H,8-14H2,1-3H3,(H,23,26). The highest BCUT2D eigenvalue weighted by Crippen LogP contribution is 2.37. The first-order valence-corrected chi connectivity index (χ1v) is 10.5. The lowest BCUT2D eigenvalue weighted by atomic mass is 9.76. The molecule has 1 N–H and O–H groups in total. The molecule has 1 aromatic rings. The van der Waals surface area contributed by atoms with Gasteiger partial charge in [0.05, 0.1) is 0 Å². The number of hydrogen-bond donors (Lipinski definition) is 1. The fraction of sp³-hybridized carbons (Fsp3) is 0.619. The van der Waals surface area contributed by atoms with Gasteiger partial charge < -0.3 is 19.9 Å². The van der Waals surface area contributed by atoms with E-state index >= 15 is 0 Å². The summed E-state index contributed by atoms with van der Waals surface area (Å²) in [6, 6.07) is 8.92. The normalized spacial score (nSPS) is 22.4. The van der Waals surface area contributed by atoms with E-state index in [2.05, 4.69) is 34.5 Å². The molecule has 0 radical (unpaired) electrons. The van der Waals surface area contributed by atoms with E-state index in [1.807, 2.05) is 20.8 Å². The van der Waals surface area contributed by atoms with Crippen LogP contribution in [-0.2, 0) is 9.53 Å². The number of amides is 2. The fourth-order valence-electron chi connectivity index (χ4n) is 3.71. The molecule has 7 heteroatoms. The molecule has 2 aliphatic rings. The fourth-order valence-corrected chi connectivity index (χ4v) is 3.78. The van der Waals surface area contributed by atoms with Gasteiger partial charge in [0, 0.05) is 37.9 Å². The second-order valence-electron chi connectivity index (χ2n) is 8.61. The van der Waals surface area contributed by atoms with E-state index in [0.717, 1.165) is 25.9 Å². The molecule has 2 fully saturated rings. The molecule has 1 aromatic carbocycles. The van der Waals surface area contributed by atoms with Gasteiger partial charge in [-0.05, 0) is 57.2 Å². The second-order valence-corrected chi connectivity index (χ2v) is 8.88. The van der Waals surface area contributed by atoms with Gasteiger partial charge in [0.25, 0.3) is 0 Å². The zero-order valence-electron chi connectivity index (χ0n) is 16.9. The predicted molar refractivity (Wildman–Crippen MR) is 111 cm³/mol. The topological polar surface area (TPSA) is 61.9 Å². The maximum absolute atomic E-state index is 12.2. The Morgan fingerprint density at radius 3 is 2.25 bits per heavy atom. The van der Waals surface area contributed by atoms with Crippen LogP contribution in [0, 0.1) is 0 Å². The van der Waals surface area contributed by atoms with E-state index in [4.69, 9.17) is 16.3 Å². The molecule has 0 bridgehead atoms. The van der Waals surface area contributed by atoms with Crippen molar-refractivity contribution < 1.29 is 14.3 Å². The van der Waals surface area contributed by atoms with Crippen LogP contribution in [0.2, 0.25) is 0 Å². The van der Waals surface area contributed by atoms with Crippen molar-refractivity contribution in [2.24, 2.45) is 0 Å². The van der Waals surface area contributed by atoms with Gasteiger partial charge in [0.15, 0.2) is 0 Å². The Bertz CT molecular complexity index is 688. The predicted octanol–water partition coefficient (Wildman–Crippen LogP) is 3.34. The molecular weight excluding hydrogens is 378 g/mol. The van der Waals surface area contributed by atoms with Crippen molar-refractivity contribution in [1.29, 1.82) is 0 Å². The maximum atomic E-state index is 12.2. The monoisotopic (exact) mass is 407 g/mol. The first-order valence-electron chi connectivity index (χ1n) is 9.93. The minimum Gasteiger partial charge on any atom is -0.444 e. The summed E-state index contributed by atoms with van der Waals surface area (Å²) in [6.07, 6.45) is 1.70. The molecule has 1 aliphatic heterocycles. The van der Waals surface area contributed by atoms with E-state index in [1.165, 1.54) is 11.3 Å². The van der Waals surface area contributed by atoms with Crippen LogP contribution in [0.25, 0.3) is 0 Å². The number of rotatable bonds is 4. The third-order valence-electron chi connectivity index (χ3n) is 5.29. The lowest BCUT2D eigenvalue weighted by Gasteiger charge is -2.38. The smallest absolute Gasteiger partial charge is 0.410 e. The number of benzene rings is 1. The molecule has 1 heterocycles. The van der Waals surface area contributed by atoms with Crippen molar-refractivity contribution in [3.63, 3.8) is 0 Å². The number of carbonyl (C=O) groups excluding carboxylic acids is 2. The Kier molecular flexibility index (Phi) is 6.38. The first-order chi connectivity index (χ1) is 13.2. The van der Waals surface area contributed by atoms with Crippen LogP contribution in [0.4, 0.5) is 10.5 Å². The van der Waals surface area contributed by atoms with Crippen LogP contribution in [0.15, 0.2) is 24.3 Å². The lowest BCUT2D eigenvalue weighted by molar-refractivity contribution is -0.120. The highest BCUT2D eigenvalue weighted by atomic mass is 35.5. The summed E-state index contributed by atoms with van der Waals surface area (Å²) in [6.45, 7) is 8.60.